The summed E-state index contributed by atoms with van der Waals surface area (Å²) in [5.41, 5.74) is 4.41. The van der Waals surface area contributed by atoms with E-state index in [0.717, 1.165) is 29.7 Å². The largest absolute Gasteiger partial charge is 0.322 e. The normalized spacial score (nSPS) is 13.0. The molecular weight excluding hydrogens is 403 g/mol. The van der Waals surface area contributed by atoms with Crippen molar-refractivity contribution >= 4 is 34.8 Å². The Labute approximate surface area is 179 Å². The Balaban J connectivity index is 1.56. The van der Waals surface area contributed by atoms with Crippen molar-refractivity contribution < 1.29 is 14.0 Å². The predicted octanol–water partition coefficient (Wildman–Crippen LogP) is 5.63. The highest BCUT2D eigenvalue weighted by Gasteiger charge is 2.24. The topological polar surface area (TPSA) is 49.4 Å². The van der Waals surface area contributed by atoms with Gasteiger partial charge in [0.2, 0.25) is 0 Å². The highest BCUT2D eigenvalue weighted by atomic mass is 35.5. The summed E-state index contributed by atoms with van der Waals surface area (Å²) < 4.78 is 13.3. The molecule has 1 heterocycles. The van der Waals surface area contributed by atoms with Crippen LogP contribution in [-0.4, -0.2) is 18.4 Å². The van der Waals surface area contributed by atoms with Crippen LogP contribution in [-0.2, 0) is 6.42 Å². The number of nitrogens with zero attached hydrogens (tertiary/aromatic N) is 1. The van der Waals surface area contributed by atoms with Gasteiger partial charge in [0.1, 0.15) is 5.82 Å². The number of benzene rings is 3. The zero-order valence-corrected chi connectivity index (χ0v) is 17.2. The van der Waals surface area contributed by atoms with Gasteiger partial charge in [-0.1, -0.05) is 29.3 Å². The second kappa shape index (κ2) is 8.28. The highest BCUT2D eigenvalue weighted by Crippen LogP contribution is 2.30. The molecule has 1 aliphatic rings. The molecule has 6 heteroatoms. The van der Waals surface area contributed by atoms with E-state index in [1.54, 1.807) is 11.0 Å². The molecule has 1 N–H and O–H groups in total. The third-order valence-corrected chi connectivity index (χ3v) is 5.47. The van der Waals surface area contributed by atoms with Crippen molar-refractivity contribution in [3.05, 3.63) is 93.8 Å². The zero-order valence-electron chi connectivity index (χ0n) is 16.4. The van der Waals surface area contributed by atoms with Crippen molar-refractivity contribution in [2.75, 3.05) is 16.8 Å². The number of halogens is 2. The number of hydrogen-bond donors (Lipinski definition) is 1. The van der Waals surface area contributed by atoms with Gasteiger partial charge in [-0.05, 0) is 73.9 Å². The summed E-state index contributed by atoms with van der Waals surface area (Å²) in [4.78, 5) is 27.4. The summed E-state index contributed by atoms with van der Waals surface area (Å²) in [5.74, 6) is -0.904. The lowest BCUT2D eigenvalue weighted by Crippen LogP contribution is -2.35. The van der Waals surface area contributed by atoms with Crippen LogP contribution in [0.4, 0.5) is 15.8 Å². The molecule has 0 saturated heterocycles. The Kier molecular flexibility index (Phi) is 5.55. The molecule has 3 aromatic carbocycles. The van der Waals surface area contributed by atoms with E-state index in [2.05, 4.69) is 5.32 Å². The first-order valence-corrected chi connectivity index (χ1v) is 10.1. The van der Waals surface area contributed by atoms with Crippen molar-refractivity contribution in [3.8, 4) is 0 Å². The average molecular weight is 423 g/mol. The van der Waals surface area contributed by atoms with Crippen LogP contribution in [0.3, 0.4) is 0 Å². The summed E-state index contributed by atoms with van der Waals surface area (Å²) in [7, 11) is 0. The fraction of sp³-hybridized carbons (Fsp3) is 0.167. The maximum atomic E-state index is 13.3. The Bertz CT molecular complexity index is 1130. The molecule has 1 aliphatic heterocycles. The zero-order chi connectivity index (χ0) is 21.3. The van der Waals surface area contributed by atoms with Crippen LogP contribution in [0.1, 0.15) is 38.3 Å². The first-order valence-electron chi connectivity index (χ1n) is 9.70. The number of amides is 2. The van der Waals surface area contributed by atoms with Crippen molar-refractivity contribution in [1.82, 2.24) is 0 Å². The summed E-state index contributed by atoms with van der Waals surface area (Å²) in [5, 5.41) is 2.68. The van der Waals surface area contributed by atoms with Crippen LogP contribution in [0.5, 0.6) is 0 Å². The van der Waals surface area contributed by atoms with Gasteiger partial charge < -0.3 is 10.2 Å². The lowest BCUT2D eigenvalue weighted by Gasteiger charge is -2.30. The van der Waals surface area contributed by atoms with Gasteiger partial charge in [0, 0.05) is 29.0 Å². The third kappa shape index (κ3) is 4.07. The lowest BCUT2D eigenvalue weighted by atomic mass is 9.98. The number of aryl methyl sites for hydroxylation is 2. The molecule has 0 atom stereocenters. The van der Waals surface area contributed by atoms with E-state index < -0.39 is 5.82 Å². The number of rotatable bonds is 3. The Morgan fingerprint density at radius 3 is 2.47 bits per heavy atom. The van der Waals surface area contributed by atoms with Gasteiger partial charge in [0.05, 0.1) is 5.02 Å². The molecular formula is C24H20ClFN2O2. The maximum absolute atomic E-state index is 13.3. The molecule has 2 amide bonds. The predicted molar refractivity (Wildman–Crippen MR) is 117 cm³/mol. The molecule has 0 aliphatic carbocycles. The Morgan fingerprint density at radius 2 is 1.73 bits per heavy atom. The van der Waals surface area contributed by atoms with E-state index in [1.807, 2.05) is 43.3 Å². The molecule has 0 saturated carbocycles. The van der Waals surface area contributed by atoms with Crippen LogP contribution >= 0.6 is 11.6 Å². The van der Waals surface area contributed by atoms with Gasteiger partial charge in [0.15, 0.2) is 0 Å². The summed E-state index contributed by atoms with van der Waals surface area (Å²) >= 11 is 5.78. The van der Waals surface area contributed by atoms with Crippen LogP contribution in [0, 0.1) is 12.7 Å². The molecule has 4 rings (SSSR count). The maximum Gasteiger partial charge on any atom is 0.258 e. The van der Waals surface area contributed by atoms with Gasteiger partial charge in [-0.3, -0.25) is 9.59 Å². The van der Waals surface area contributed by atoms with Gasteiger partial charge in [0.25, 0.3) is 11.8 Å². The lowest BCUT2D eigenvalue weighted by molar-refractivity contribution is 0.0984. The van der Waals surface area contributed by atoms with Crippen molar-refractivity contribution in [2.45, 2.75) is 19.8 Å². The van der Waals surface area contributed by atoms with Crippen molar-refractivity contribution in [2.24, 2.45) is 0 Å². The molecule has 0 aromatic heterocycles. The van der Waals surface area contributed by atoms with E-state index in [4.69, 9.17) is 11.6 Å². The van der Waals surface area contributed by atoms with Gasteiger partial charge >= 0.3 is 0 Å². The number of nitrogens with one attached hydrogen (secondary N) is 1. The molecule has 0 spiro atoms. The van der Waals surface area contributed by atoms with Crippen LogP contribution in [0.2, 0.25) is 5.02 Å². The molecule has 0 radical (unpaired) electrons. The number of carbonyl (C=O) groups is 2. The smallest absolute Gasteiger partial charge is 0.258 e. The number of hydrogen-bond acceptors (Lipinski definition) is 2. The van der Waals surface area contributed by atoms with E-state index in [1.165, 1.54) is 18.2 Å². The SMILES string of the molecule is Cc1ccc(C(=O)N2CCCc3cc(C(=O)Nc4ccc(F)c(Cl)c4)ccc32)cc1. The fourth-order valence-electron chi connectivity index (χ4n) is 3.58. The van der Waals surface area contributed by atoms with E-state index in [9.17, 15) is 14.0 Å². The fourth-order valence-corrected chi connectivity index (χ4v) is 3.76. The first kappa shape index (κ1) is 20.1. The standard InChI is InChI=1S/C24H20ClFN2O2/c1-15-4-6-16(7-5-15)24(30)28-12-2-3-17-13-18(8-11-22(17)28)23(29)27-19-9-10-21(26)20(25)14-19/h4-11,13-14H,2-3,12H2,1H3,(H,27,29). The van der Waals surface area contributed by atoms with Gasteiger partial charge in [-0.15, -0.1) is 0 Å². The molecule has 3 aromatic rings. The summed E-state index contributed by atoms with van der Waals surface area (Å²) in [6, 6.07) is 16.9. The second-order valence-electron chi connectivity index (χ2n) is 7.35. The van der Waals surface area contributed by atoms with Crippen molar-refractivity contribution in [3.63, 3.8) is 0 Å². The molecule has 30 heavy (non-hydrogen) atoms. The third-order valence-electron chi connectivity index (χ3n) is 5.18. The van der Waals surface area contributed by atoms with Crippen LogP contribution < -0.4 is 10.2 Å². The average Bonchev–Trinajstić information content (AvgIpc) is 2.75. The number of fused-ring (bicyclic) bond motifs is 1. The van der Waals surface area contributed by atoms with E-state index in [0.29, 0.717) is 23.4 Å². The molecule has 4 nitrogen and oxygen atoms in total. The van der Waals surface area contributed by atoms with E-state index >= 15 is 0 Å². The van der Waals surface area contributed by atoms with Gasteiger partial charge in [-0.2, -0.15) is 0 Å². The number of carbonyl (C=O) groups excluding carboxylic acids is 2. The number of anilines is 2. The first-order chi connectivity index (χ1) is 14.4. The summed E-state index contributed by atoms with van der Waals surface area (Å²) in [6.07, 6.45) is 1.61. The minimum atomic E-state index is -0.540. The highest BCUT2D eigenvalue weighted by molar-refractivity contribution is 6.31. The Hall–Kier alpha value is -3.18. The van der Waals surface area contributed by atoms with Gasteiger partial charge in [-0.25, -0.2) is 4.39 Å². The van der Waals surface area contributed by atoms with Crippen LogP contribution in [0.15, 0.2) is 60.7 Å². The molecule has 0 unspecified atom stereocenters. The molecule has 152 valence electrons. The minimum Gasteiger partial charge on any atom is -0.322 e. The minimum absolute atomic E-state index is 0.0471. The summed E-state index contributed by atoms with van der Waals surface area (Å²) in [6.45, 7) is 2.62. The molecule has 0 fully saturated rings. The quantitative estimate of drug-likeness (QED) is 0.594. The monoisotopic (exact) mass is 422 g/mol. The Morgan fingerprint density at radius 1 is 1.00 bits per heavy atom. The van der Waals surface area contributed by atoms with Crippen LogP contribution in [0.25, 0.3) is 0 Å². The second-order valence-corrected chi connectivity index (χ2v) is 7.76. The molecule has 0 bridgehead atoms. The van der Waals surface area contributed by atoms with Crippen molar-refractivity contribution in [1.29, 1.82) is 0 Å². The van der Waals surface area contributed by atoms with E-state index in [-0.39, 0.29) is 16.8 Å².